The Balaban J connectivity index is 2.08. The minimum atomic E-state index is -0.250. The number of halogens is 2. The molecule has 4 heteroatoms. The third-order valence-corrected chi connectivity index (χ3v) is 3.42. The Morgan fingerprint density at radius 2 is 2.24 bits per heavy atom. The molecule has 1 aliphatic heterocycles. The van der Waals surface area contributed by atoms with Gasteiger partial charge in [-0.25, -0.2) is 4.39 Å². The number of likely N-dealkylation sites (tertiary alicyclic amines) is 1. The lowest BCUT2D eigenvalue weighted by atomic mass is 10.1. The molecule has 0 aromatic heterocycles. The van der Waals surface area contributed by atoms with Crippen molar-refractivity contribution in [1.29, 1.82) is 0 Å². The number of aryl methyl sites for hydroxylation is 1. The normalized spacial score (nSPS) is 20.1. The second kappa shape index (κ2) is 5.05. The number of benzene rings is 1. The minimum absolute atomic E-state index is 0.109. The second-order valence-corrected chi connectivity index (χ2v) is 4.94. The van der Waals surface area contributed by atoms with E-state index in [4.69, 9.17) is 11.6 Å². The average Bonchev–Trinajstić information content (AvgIpc) is 2.58. The first-order chi connectivity index (χ1) is 8.08. The maximum Gasteiger partial charge on any atom is 0.223 e. The summed E-state index contributed by atoms with van der Waals surface area (Å²) in [6.07, 6.45) is 0.512. The molecular weight excluding hydrogens is 241 g/mol. The molecule has 1 fully saturated rings. The van der Waals surface area contributed by atoms with E-state index in [1.807, 2.05) is 13.0 Å². The van der Waals surface area contributed by atoms with Gasteiger partial charge < -0.3 is 4.90 Å². The molecule has 1 aliphatic rings. The third-order valence-electron chi connectivity index (χ3n) is 2.99. The van der Waals surface area contributed by atoms with Gasteiger partial charge in [-0.1, -0.05) is 6.07 Å². The number of carbonyl (C=O) groups is 1. The van der Waals surface area contributed by atoms with E-state index in [1.54, 1.807) is 4.90 Å². The molecule has 0 bridgehead atoms. The zero-order valence-corrected chi connectivity index (χ0v) is 10.5. The van der Waals surface area contributed by atoms with E-state index in [0.29, 0.717) is 25.4 Å². The van der Waals surface area contributed by atoms with Gasteiger partial charge in [-0.05, 0) is 36.1 Å². The molecule has 2 rings (SSSR count). The number of nitrogens with zero attached hydrogens (tertiary/aromatic N) is 1. The SMILES string of the molecule is Cc1cc(F)cc(CN2CC(CCl)CC2=O)c1. The highest BCUT2D eigenvalue weighted by molar-refractivity contribution is 6.18. The summed E-state index contributed by atoms with van der Waals surface area (Å²) >= 11 is 5.75. The Labute approximate surface area is 105 Å². The summed E-state index contributed by atoms with van der Waals surface area (Å²) in [6, 6.07) is 4.87. The van der Waals surface area contributed by atoms with Crippen molar-refractivity contribution in [3.63, 3.8) is 0 Å². The molecule has 1 atom stereocenters. The number of amides is 1. The lowest BCUT2D eigenvalue weighted by Crippen LogP contribution is -2.24. The Morgan fingerprint density at radius 3 is 2.82 bits per heavy atom. The van der Waals surface area contributed by atoms with Crippen molar-refractivity contribution < 1.29 is 9.18 Å². The largest absolute Gasteiger partial charge is 0.338 e. The van der Waals surface area contributed by atoms with Gasteiger partial charge in [-0.3, -0.25) is 4.79 Å². The lowest BCUT2D eigenvalue weighted by Gasteiger charge is -2.16. The van der Waals surface area contributed by atoms with Crippen LogP contribution in [0.15, 0.2) is 18.2 Å². The fraction of sp³-hybridized carbons (Fsp3) is 0.462. The first-order valence-corrected chi connectivity index (χ1v) is 6.21. The fourth-order valence-corrected chi connectivity index (χ4v) is 2.44. The Hall–Kier alpha value is -1.09. The van der Waals surface area contributed by atoms with Crippen LogP contribution in [0.25, 0.3) is 0 Å². The van der Waals surface area contributed by atoms with Gasteiger partial charge in [0.25, 0.3) is 0 Å². The lowest BCUT2D eigenvalue weighted by molar-refractivity contribution is -0.128. The molecule has 0 radical (unpaired) electrons. The summed E-state index contributed by atoms with van der Waals surface area (Å²) in [5, 5.41) is 0. The zero-order chi connectivity index (χ0) is 12.4. The van der Waals surface area contributed by atoms with Crippen LogP contribution in [-0.4, -0.2) is 23.2 Å². The predicted molar refractivity (Wildman–Crippen MR) is 65.4 cm³/mol. The molecule has 1 aromatic carbocycles. The first-order valence-electron chi connectivity index (χ1n) is 5.68. The smallest absolute Gasteiger partial charge is 0.223 e. The topological polar surface area (TPSA) is 20.3 Å². The van der Waals surface area contributed by atoms with Crippen molar-refractivity contribution in [2.45, 2.75) is 19.9 Å². The average molecular weight is 256 g/mol. The molecule has 92 valence electrons. The molecule has 0 saturated carbocycles. The van der Waals surface area contributed by atoms with Gasteiger partial charge in [0.05, 0.1) is 0 Å². The molecule has 1 amide bonds. The summed E-state index contributed by atoms with van der Waals surface area (Å²) < 4.78 is 13.2. The van der Waals surface area contributed by atoms with Crippen molar-refractivity contribution in [1.82, 2.24) is 4.90 Å². The number of hydrogen-bond acceptors (Lipinski definition) is 1. The summed E-state index contributed by atoms with van der Waals surface area (Å²) in [4.78, 5) is 13.4. The van der Waals surface area contributed by atoms with Crippen LogP contribution in [-0.2, 0) is 11.3 Å². The van der Waals surface area contributed by atoms with Gasteiger partial charge in [-0.2, -0.15) is 0 Å². The van der Waals surface area contributed by atoms with Crippen LogP contribution in [0, 0.1) is 18.7 Å². The van der Waals surface area contributed by atoms with E-state index in [2.05, 4.69) is 0 Å². The van der Waals surface area contributed by atoms with Crippen molar-refractivity contribution in [3.05, 3.63) is 35.1 Å². The Bertz CT molecular complexity index is 415. The van der Waals surface area contributed by atoms with Crippen molar-refractivity contribution in [2.75, 3.05) is 12.4 Å². The summed E-state index contributed by atoms with van der Waals surface area (Å²) in [5.74, 6) is 0.599. The maximum absolute atomic E-state index is 13.2. The molecule has 17 heavy (non-hydrogen) atoms. The first kappa shape index (κ1) is 12.4. The molecule has 1 unspecified atom stereocenters. The van der Waals surface area contributed by atoms with Gasteiger partial charge >= 0.3 is 0 Å². The highest BCUT2D eigenvalue weighted by Gasteiger charge is 2.28. The van der Waals surface area contributed by atoms with E-state index >= 15 is 0 Å². The monoisotopic (exact) mass is 255 g/mol. The van der Waals surface area contributed by atoms with Crippen LogP contribution in [0.1, 0.15) is 17.5 Å². The van der Waals surface area contributed by atoms with Crippen LogP contribution >= 0.6 is 11.6 Å². The molecule has 0 aliphatic carbocycles. The summed E-state index contributed by atoms with van der Waals surface area (Å²) in [5.41, 5.74) is 1.71. The van der Waals surface area contributed by atoms with Crippen LogP contribution < -0.4 is 0 Å². The summed E-state index contributed by atoms with van der Waals surface area (Å²) in [6.45, 7) is 3.00. The Morgan fingerprint density at radius 1 is 1.47 bits per heavy atom. The molecule has 0 N–H and O–H groups in total. The number of hydrogen-bond donors (Lipinski definition) is 0. The minimum Gasteiger partial charge on any atom is -0.338 e. The van der Waals surface area contributed by atoms with Gasteiger partial charge in [0, 0.05) is 25.4 Å². The van der Waals surface area contributed by atoms with Crippen LogP contribution in [0.5, 0.6) is 0 Å². The quantitative estimate of drug-likeness (QED) is 0.761. The summed E-state index contributed by atoms with van der Waals surface area (Å²) in [7, 11) is 0. The molecule has 2 nitrogen and oxygen atoms in total. The van der Waals surface area contributed by atoms with Crippen molar-refractivity contribution >= 4 is 17.5 Å². The third kappa shape index (κ3) is 2.97. The van der Waals surface area contributed by atoms with E-state index < -0.39 is 0 Å². The fourth-order valence-electron chi connectivity index (χ4n) is 2.23. The van der Waals surface area contributed by atoms with E-state index in [9.17, 15) is 9.18 Å². The molecule has 1 saturated heterocycles. The highest BCUT2D eigenvalue weighted by Crippen LogP contribution is 2.21. The van der Waals surface area contributed by atoms with Gasteiger partial charge in [0.1, 0.15) is 5.82 Å². The maximum atomic E-state index is 13.2. The van der Waals surface area contributed by atoms with Crippen molar-refractivity contribution in [3.8, 4) is 0 Å². The molecule has 1 heterocycles. The number of rotatable bonds is 3. The van der Waals surface area contributed by atoms with Crippen LogP contribution in [0.3, 0.4) is 0 Å². The van der Waals surface area contributed by atoms with Crippen LogP contribution in [0.2, 0.25) is 0 Å². The van der Waals surface area contributed by atoms with E-state index in [-0.39, 0.29) is 17.6 Å². The Kier molecular flexibility index (Phi) is 3.67. The van der Waals surface area contributed by atoms with Crippen LogP contribution in [0.4, 0.5) is 4.39 Å². The van der Waals surface area contributed by atoms with E-state index in [1.165, 1.54) is 12.1 Å². The standard InChI is InChI=1S/C13H15ClFNO/c1-9-2-10(4-12(15)3-9)7-16-8-11(6-14)5-13(16)17/h2-4,11H,5-8H2,1H3. The molecule has 0 spiro atoms. The molecule has 1 aromatic rings. The predicted octanol–water partition coefficient (Wildman–Crippen LogP) is 2.72. The second-order valence-electron chi connectivity index (χ2n) is 4.64. The highest BCUT2D eigenvalue weighted by atomic mass is 35.5. The zero-order valence-electron chi connectivity index (χ0n) is 9.75. The molecular formula is C13H15ClFNO. The van der Waals surface area contributed by atoms with Crippen molar-refractivity contribution in [2.24, 2.45) is 5.92 Å². The van der Waals surface area contributed by atoms with Gasteiger partial charge in [0.15, 0.2) is 0 Å². The van der Waals surface area contributed by atoms with Gasteiger partial charge in [-0.15, -0.1) is 11.6 Å². The number of carbonyl (C=O) groups excluding carboxylic acids is 1. The number of alkyl halides is 1. The van der Waals surface area contributed by atoms with Gasteiger partial charge in [0.2, 0.25) is 5.91 Å². The van der Waals surface area contributed by atoms with E-state index in [0.717, 1.165) is 11.1 Å².